The highest BCUT2D eigenvalue weighted by atomic mass is 16.7. The van der Waals surface area contributed by atoms with Gasteiger partial charge in [-0.15, -0.1) is 5.06 Å². The Labute approximate surface area is 292 Å². The van der Waals surface area contributed by atoms with Crippen LogP contribution in [0, 0.1) is 5.92 Å². The normalized spacial score (nSPS) is 13.7. The number of ether oxygens (including phenoxy) is 2. The molecule has 1 aromatic carbocycles. The van der Waals surface area contributed by atoms with Crippen molar-refractivity contribution in [2.24, 2.45) is 5.92 Å². The van der Waals surface area contributed by atoms with E-state index in [1.807, 2.05) is 30.3 Å². The number of nitrogens with zero attached hydrogens (tertiary/aromatic N) is 1. The first kappa shape index (κ1) is 41.6. The highest BCUT2D eigenvalue weighted by Gasteiger charge is 2.34. The summed E-state index contributed by atoms with van der Waals surface area (Å²) in [6.45, 7) is 5.57. The van der Waals surface area contributed by atoms with Gasteiger partial charge in [-0.3, -0.25) is 24.0 Å². The van der Waals surface area contributed by atoms with Gasteiger partial charge in [0.1, 0.15) is 18.0 Å². The highest BCUT2D eigenvalue weighted by molar-refractivity contribution is 6.01. The zero-order chi connectivity index (χ0) is 35.9. The first-order valence-electron chi connectivity index (χ1n) is 18.5. The van der Waals surface area contributed by atoms with Gasteiger partial charge in [-0.1, -0.05) is 107 Å². The van der Waals surface area contributed by atoms with Crippen LogP contribution in [0.5, 0.6) is 0 Å². The van der Waals surface area contributed by atoms with Crippen molar-refractivity contribution in [2.45, 2.75) is 168 Å². The van der Waals surface area contributed by atoms with E-state index >= 15 is 0 Å². The molecular weight excluding hydrogens is 626 g/mol. The molecule has 49 heavy (non-hydrogen) atoms. The number of rotatable bonds is 26. The minimum Gasteiger partial charge on any atom is -0.461 e. The zero-order valence-corrected chi connectivity index (χ0v) is 30.1. The van der Waals surface area contributed by atoms with Gasteiger partial charge >= 0.3 is 17.9 Å². The number of hydroxylamine groups is 2. The Kier molecular flexibility index (Phi) is 20.2. The first-order chi connectivity index (χ1) is 23.4. The molecule has 0 unspecified atom stereocenters. The number of unbranched alkanes of at least 4 members (excludes halogenated alkanes) is 13. The van der Waals surface area contributed by atoms with E-state index in [0.29, 0.717) is 24.5 Å². The molecule has 1 aliphatic rings. The maximum absolute atomic E-state index is 12.8. The van der Waals surface area contributed by atoms with Gasteiger partial charge in [-0.05, 0) is 45.6 Å². The minimum absolute atomic E-state index is 0.00257. The summed E-state index contributed by atoms with van der Waals surface area (Å²) < 4.78 is 10.8. The topological polar surface area (TPSA) is 133 Å². The van der Waals surface area contributed by atoms with E-state index < -0.39 is 35.3 Å². The van der Waals surface area contributed by atoms with Crippen molar-refractivity contribution in [2.75, 3.05) is 0 Å². The quantitative estimate of drug-likeness (QED) is 0.0537. The predicted molar refractivity (Wildman–Crippen MR) is 185 cm³/mol. The summed E-state index contributed by atoms with van der Waals surface area (Å²) in [5.74, 6) is -3.44. The van der Waals surface area contributed by atoms with Gasteiger partial charge in [-0.25, -0.2) is 4.79 Å². The zero-order valence-electron chi connectivity index (χ0n) is 30.1. The summed E-state index contributed by atoms with van der Waals surface area (Å²) in [4.78, 5) is 78.0. The summed E-state index contributed by atoms with van der Waals surface area (Å²) in [7, 11) is 0. The average molecular weight is 686 g/mol. The molecule has 0 saturated carbocycles. The summed E-state index contributed by atoms with van der Waals surface area (Å²) in [5.41, 5.74) is 0.275. The van der Waals surface area contributed by atoms with Gasteiger partial charge in [-0.2, -0.15) is 0 Å². The molecule has 1 aromatic rings. The number of hydrogen-bond donors (Lipinski definition) is 0. The van der Waals surface area contributed by atoms with Crippen molar-refractivity contribution in [1.82, 2.24) is 5.06 Å². The number of imide groups is 1. The standard InChI is InChI=1S/C39H59NO9/c1-39(2,3)48-38(46)32(25-28-37(45)49-40-34(42)26-27-35(40)43)29-33(41)23-19-14-12-10-8-6-4-5-7-9-11-13-15-20-24-36(44)47-30-31-21-17-16-18-22-31/h16-18,21-22,32H,4-15,19-20,23-30H2,1-3H3/t32-/m1/s1. The molecular formula is C39H59NO9. The number of carbonyl (C=O) groups is 6. The number of ketones is 1. The second-order valence-corrected chi connectivity index (χ2v) is 14.2. The van der Waals surface area contributed by atoms with Gasteiger partial charge < -0.3 is 14.3 Å². The van der Waals surface area contributed by atoms with Gasteiger partial charge in [0.05, 0.1) is 5.92 Å². The fourth-order valence-corrected chi connectivity index (χ4v) is 5.69. The molecule has 0 N–H and O–H groups in total. The van der Waals surface area contributed by atoms with Crippen LogP contribution in [0.1, 0.15) is 161 Å². The van der Waals surface area contributed by atoms with Gasteiger partial charge in [0.15, 0.2) is 0 Å². The van der Waals surface area contributed by atoms with E-state index in [0.717, 1.165) is 50.5 Å². The second kappa shape index (κ2) is 23.7. The first-order valence-corrected chi connectivity index (χ1v) is 18.5. The Balaban J connectivity index is 1.45. The third kappa shape index (κ3) is 19.9. The van der Waals surface area contributed by atoms with Crippen LogP contribution in [0.25, 0.3) is 0 Å². The highest BCUT2D eigenvalue weighted by Crippen LogP contribution is 2.22. The fraction of sp³-hybridized carbons (Fsp3) is 0.692. The molecule has 0 spiro atoms. The largest absolute Gasteiger partial charge is 0.461 e. The molecule has 2 amide bonds. The van der Waals surface area contributed by atoms with Crippen molar-refractivity contribution >= 4 is 35.5 Å². The van der Waals surface area contributed by atoms with Crippen LogP contribution in [0.4, 0.5) is 0 Å². The molecule has 10 heteroatoms. The molecule has 1 fully saturated rings. The van der Waals surface area contributed by atoms with E-state index in [4.69, 9.17) is 14.3 Å². The fourth-order valence-electron chi connectivity index (χ4n) is 5.69. The minimum atomic E-state index is -0.801. The smallest absolute Gasteiger partial charge is 0.333 e. The maximum atomic E-state index is 12.8. The average Bonchev–Trinajstić information content (AvgIpc) is 3.37. The molecule has 0 radical (unpaired) electrons. The monoisotopic (exact) mass is 685 g/mol. The van der Waals surface area contributed by atoms with E-state index in [1.165, 1.54) is 44.9 Å². The Bertz CT molecular complexity index is 1160. The summed E-state index contributed by atoms with van der Waals surface area (Å²) >= 11 is 0. The summed E-state index contributed by atoms with van der Waals surface area (Å²) in [5, 5.41) is 0.485. The number of carbonyl (C=O) groups excluding carboxylic acids is 6. The predicted octanol–water partition coefficient (Wildman–Crippen LogP) is 8.28. The van der Waals surface area contributed by atoms with Gasteiger partial charge in [0.25, 0.3) is 11.8 Å². The molecule has 10 nitrogen and oxygen atoms in total. The third-order valence-electron chi connectivity index (χ3n) is 8.44. The molecule has 0 bridgehead atoms. The summed E-state index contributed by atoms with van der Waals surface area (Å²) in [6, 6.07) is 9.75. The van der Waals surface area contributed by atoms with Crippen LogP contribution in [-0.4, -0.2) is 46.2 Å². The number of amides is 2. The molecule has 1 aliphatic heterocycles. The number of Topliss-reactive ketones (excluding diaryl/α,β-unsaturated/α-hetero) is 1. The lowest BCUT2D eigenvalue weighted by atomic mass is 9.94. The lowest BCUT2D eigenvalue weighted by Crippen LogP contribution is -2.33. The van der Waals surface area contributed by atoms with Gasteiger partial charge in [0, 0.05) is 38.5 Å². The number of esters is 2. The molecule has 274 valence electrons. The summed E-state index contributed by atoms with van der Waals surface area (Å²) in [6.07, 6.45) is 16.4. The van der Waals surface area contributed by atoms with E-state index in [2.05, 4.69) is 0 Å². The maximum Gasteiger partial charge on any atom is 0.333 e. The van der Waals surface area contributed by atoms with Crippen molar-refractivity contribution in [3.05, 3.63) is 35.9 Å². The van der Waals surface area contributed by atoms with E-state index in [9.17, 15) is 28.8 Å². The van der Waals surface area contributed by atoms with Crippen molar-refractivity contribution in [3.63, 3.8) is 0 Å². The van der Waals surface area contributed by atoms with Crippen LogP contribution in [0.15, 0.2) is 30.3 Å². The van der Waals surface area contributed by atoms with Crippen LogP contribution in [-0.2, 0) is 49.7 Å². The molecule has 2 rings (SSSR count). The van der Waals surface area contributed by atoms with Gasteiger partial charge in [0.2, 0.25) is 0 Å². The Morgan fingerprint density at radius 1 is 0.673 bits per heavy atom. The van der Waals surface area contributed by atoms with E-state index in [1.54, 1.807) is 20.8 Å². The molecule has 0 aromatic heterocycles. The van der Waals surface area contributed by atoms with E-state index in [-0.39, 0.29) is 43.9 Å². The number of benzene rings is 1. The molecule has 1 heterocycles. The van der Waals surface area contributed by atoms with Crippen molar-refractivity contribution < 1.29 is 43.1 Å². The number of hydrogen-bond acceptors (Lipinski definition) is 9. The molecule has 1 atom stereocenters. The Morgan fingerprint density at radius 3 is 1.67 bits per heavy atom. The lowest BCUT2D eigenvalue weighted by Gasteiger charge is -2.23. The van der Waals surface area contributed by atoms with Crippen LogP contribution in [0.3, 0.4) is 0 Å². The third-order valence-corrected chi connectivity index (χ3v) is 8.44. The molecule has 0 aliphatic carbocycles. The SMILES string of the molecule is CC(C)(C)OC(=O)[C@H](CCC(=O)ON1C(=O)CCC1=O)CC(=O)CCCCCCCCCCCCCCCCC(=O)OCc1ccccc1. The van der Waals surface area contributed by atoms with Crippen LogP contribution < -0.4 is 0 Å². The van der Waals surface area contributed by atoms with Crippen LogP contribution >= 0.6 is 0 Å². The molecule has 1 saturated heterocycles. The lowest BCUT2D eigenvalue weighted by molar-refractivity contribution is -0.197. The van der Waals surface area contributed by atoms with Crippen molar-refractivity contribution in [3.8, 4) is 0 Å². The van der Waals surface area contributed by atoms with Crippen molar-refractivity contribution in [1.29, 1.82) is 0 Å². The van der Waals surface area contributed by atoms with Crippen LogP contribution in [0.2, 0.25) is 0 Å². The second-order valence-electron chi connectivity index (χ2n) is 14.2. The Hall–Kier alpha value is -3.56. The Morgan fingerprint density at radius 2 is 1.16 bits per heavy atom.